The Morgan fingerprint density at radius 2 is 1.86 bits per heavy atom. The van der Waals surface area contributed by atoms with Crippen molar-refractivity contribution in [3.8, 4) is 11.5 Å². The molecule has 1 rings (SSSR count). The Labute approximate surface area is 139 Å². The van der Waals surface area contributed by atoms with E-state index < -0.39 is 5.54 Å². The molecule has 0 bridgehead atoms. The summed E-state index contributed by atoms with van der Waals surface area (Å²) >= 11 is 0. The minimum Gasteiger partial charge on any atom is -0.493 e. The number of benzene rings is 1. The molecule has 1 atom stereocenters. The first-order chi connectivity index (χ1) is 9.85. The van der Waals surface area contributed by atoms with E-state index in [2.05, 4.69) is 19.2 Å². The first kappa shape index (κ1) is 20.5. The largest absolute Gasteiger partial charge is 0.493 e. The molecule has 1 aromatic carbocycles. The Balaban J connectivity index is 0.00000441. The minimum absolute atomic E-state index is 0. The van der Waals surface area contributed by atoms with Crippen molar-refractivity contribution in [3.63, 3.8) is 0 Å². The van der Waals surface area contributed by atoms with Crippen LogP contribution in [0.4, 0.5) is 0 Å². The van der Waals surface area contributed by atoms with Crippen molar-refractivity contribution in [1.29, 1.82) is 0 Å². The summed E-state index contributed by atoms with van der Waals surface area (Å²) in [4.78, 5) is 12.4. The van der Waals surface area contributed by atoms with Gasteiger partial charge in [-0.25, -0.2) is 0 Å². The van der Waals surface area contributed by atoms with Crippen molar-refractivity contribution in [1.82, 2.24) is 5.32 Å². The zero-order valence-electron chi connectivity index (χ0n) is 13.9. The molecule has 0 fully saturated rings. The van der Waals surface area contributed by atoms with Gasteiger partial charge in [0, 0.05) is 17.6 Å². The maximum atomic E-state index is 12.4. The van der Waals surface area contributed by atoms with Gasteiger partial charge in [0.2, 0.25) is 0 Å². The molecule has 0 heterocycles. The monoisotopic (exact) mass is 330 g/mol. The number of nitrogens with one attached hydrogen (secondary N) is 1. The lowest BCUT2D eigenvalue weighted by Gasteiger charge is -2.31. The SMILES string of the molecule is COc1ccc(C(=O)NC(C)(CN)CC(C)C)cc1OC.Cl. The van der Waals surface area contributed by atoms with Gasteiger partial charge in [0.05, 0.1) is 14.2 Å². The van der Waals surface area contributed by atoms with Gasteiger partial charge in [0.25, 0.3) is 5.91 Å². The number of nitrogens with two attached hydrogens (primary N) is 1. The summed E-state index contributed by atoms with van der Waals surface area (Å²) in [5.74, 6) is 1.41. The second-order valence-electron chi connectivity index (χ2n) is 5.89. The summed E-state index contributed by atoms with van der Waals surface area (Å²) in [6.07, 6.45) is 0.822. The van der Waals surface area contributed by atoms with Crippen molar-refractivity contribution < 1.29 is 14.3 Å². The second-order valence-corrected chi connectivity index (χ2v) is 5.89. The molecule has 0 saturated carbocycles. The lowest BCUT2D eigenvalue weighted by Crippen LogP contribution is -2.52. The Kier molecular flexibility index (Phi) is 8.27. The first-order valence-corrected chi connectivity index (χ1v) is 7.10. The first-order valence-electron chi connectivity index (χ1n) is 7.10. The molecule has 1 amide bonds. The van der Waals surface area contributed by atoms with Gasteiger partial charge in [0.15, 0.2) is 11.5 Å². The Morgan fingerprint density at radius 1 is 1.27 bits per heavy atom. The number of ether oxygens (including phenoxy) is 2. The van der Waals surface area contributed by atoms with Crippen LogP contribution < -0.4 is 20.5 Å². The van der Waals surface area contributed by atoms with Gasteiger partial charge in [0.1, 0.15) is 0 Å². The molecule has 0 aliphatic rings. The number of rotatable bonds is 7. The van der Waals surface area contributed by atoms with Crippen LogP contribution in [-0.4, -0.2) is 32.2 Å². The number of hydrogen-bond donors (Lipinski definition) is 2. The number of halogens is 1. The van der Waals surface area contributed by atoms with Crippen LogP contribution in [0, 0.1) is 5.92 Å². The van der Waals surface area contributed by atoms with E-state index in [4.69, 9.17) is 15.2 Å². The molecular weight excluding hydrogens is 304 g/mol. The molecule has 1 unspecified atom stereocenters. The summed E-state index contributed by atoms with van der Waals surface area (Å²) in [5.41, 5.74) is 5.93. The fourth-order valence-electron chi connectivity index (χ4n) is 2.41. The number of methoxy groups -OCH3 is 2. The van der Waals surface area contributed by atoms with E-state index in [1.165, 1.54) is 0 Å². The highest BCUT2D eigenvalue weighted by molar-refractivity contribution is 5.95. The van der Waals surface area contributed by atoms with Gasteiger partial charge < -0.3 is 20.5 Å². The highest BCUT2D eigenvalue weighted by atomic mass is 35.5. The van der Waals surface area contributed by atoms with Gasteiger partial charge in [-0.1, -0.05) is 13.8 Å². The number of carbonyl (C=O) groups is 1. The Morgan fingerprint density at radius 3 is 2.32 bits per heavy atom. The molecule has 0 saturated heterocycles. The lowest BCUT2D eigenvalue weighted by atomic mass is 9.90. The smallest absolute Gasteiger partial charge is 0.251 e. The molecule has 0 spiro atoms. The summed E-state index contributed by atoms with van der Waals surface area (Å²) in [6.45, 7) is 6.57. The van der Waals surface area contributed by atoms with Gasteiger partial charge in [-0.15, -0.1) is 12.4 Å². The summed E-state index contributed by atoms with van der Waals surface area (Å²) in [7, 11) is 3.11. The van der Waals surface area contributed by atoms with Crippen molar-refractivity contribution in [2.24, 2.45) is 11.7 Å². The second kappa shape index (κ2) is 8.86. The fourth-order valence-corrected chi connectivity index (χ4v) is 2.41. The predicted molar refractivity (Wildman–Crippen MR) is 91.2 cm³/mol. The van der Waals surface area contributed by atoms with E-state index in [1.807, 2.05) is 6.92 Å². The average Bonchev–Trinajstić information content (AvgIpc) is 2.45. The van der Waals surface area contributed by atoms with Crippen molar-refractivity contribution in [3.05, 3.63) is 23.8 Å². The molecule has 1 aromatic rings. The Bertz CT molecular complexity index is 494. The molecule has 5 nitrogen and oxygen atoms in total. The zero-order chi connectivity index (χ0) is 16.0. The average molecular weight is 331 g/mol. The molecule has 0 radical (unpaired) electrons. The molecule has 126 valence electrons. The third-order valence-corrected chi connectivity index (χ3v) is 3.37. The molecular formula is C16H27ClN2O3. The van der Waals surface area contributed by atoms with Crippen LogP contribution in [0.2, 0.25) is 0 Å². The summed E-state index contributed by atoms with van der Waals surface area (Å²) in [6, 6.07) is 5.10. The van der Waals surface area contributed by atoms with E-state index >= 15 is 0 Å². The summed E-state index contributed by atoms with van der Waals surface area (Å²) < 4.78 is 10.4. The van der Waals surface area contributed by atoms with Crippen LogP contribution in [0.1, 0.15) is 37.6 Å². The third-order valence-electron chi connectivity index (χ3n) is 3.37. The predicted octanol–water partition coefficient (Wildman–Crippen LogP) is 2.62. The van der Waals surface area contributed by atoms with Gasteiger partial charge in [-0.05, 0) is 37.5 Å². The molecule has 0 aliphatic heterocycles. The normalized spacial score (nSPS) is 13.0. The van der Waals surface area contributed by atoms with E-state index in [9.17, 15) is 4.79 Å². The summed E-state index contributed by atoms with van der Waals surface area (Å²) in [5, 5.41) is 3.02. The molecule has 22 heavy (non-hydrogen) atoms. The Hall–Kier alpha value is -1.46. The van der Waals surface area contributed by atoms with E-state index in [1.54, 1.807) is 32.4 Å². The van der Waals surface area contributed by atoms with Crippen LogP contribution in [-0.2, 0) is 0 Å². The van der Waals surface area contributed by atoms with Crippen LogP contribution >= 0.6 is 12.4 Å². The van der Waals surface area contributed by atoms with Crippen LogP contribution in [0.3, 0.4) is 0 Å². The number of carbonyl (C=O) groups excluding carboxylic acids is 1. The van der Waals surface area contributed by atoms with Gasteiger partial charge in [-0.2, -0.15) is 0 Å². The fraction of sp³-hybridized carbons (Fsp3) is 0.562. The van der Waals surface area contributed by atoms with E-state index in [0.717, 1.165) is 6.42 Å². The molecule has 0 aliphatic carbocycles. The molecule has 0 aromatic heterocycles. The number of hydrogen-bond acceptors (Lipinski definition) is 4. The minimum atomic E-state index is -0.418. The van der Waals surface area contributed by atoms with Crippen molar-refractivity contribution in [2.45, 2.75) is 32.7 Å². The van der Waals surface area contributed by atoms with Crippen LogP contribution in [0.15, 0.2) is 18.2 Å². The van der Waals surface area contributed by atoms with Gasteiger partial charge >= 0.3 is 0 Å². The maximum absolute atomic E-state index is 12.4. The third kappa shape index (κ3) is 5.39. The van der Waals surface area contributed by atoms with Crippen LogP contribution in [0.25, 0.3) is 0 Å². The van der Waals surface area contributed by atoms with Crippen molar-refractivity contribution in [2.75, 3.05) is 20.8 Å². The molecule has 3 N–H and O–H groups in total. The van der Waals surface area contributed by atoms with Crippen molar-refractivity contribution >= 4 is 18.3 Å². The highest BCUT2D eigenvalue weighted by Gasteiger charge is 2.26. The van der Waals surface area contributed by atoms with Gasteiger partial charge in [-0.3, -0.25) is 4.79 Å². The number of amides is 1. The topological polar surface area (TPSA) is 73.6 Å². The maximum Gasteiger partial charge on any atom is 0.251 e. The lowest BCUT2D eigenvalue weighted by molar-refractivity contribution is 0.0898. The molecule has 6 heteroatoms. The van der Waals surface area contributed by atoms with E-state index in [-0.39, 0.29) is 18.3 Å². The quantitative estimate of drug-likeness (QED) is 0.806. The standard InChI is InChI=1S/C16H26N2O3.ClH/c1-11(2)9-16(3,10-17)18-15(19)12-6-7-13(20-4)14(8-12)21-5;/h6-8,11H,9-10,17H2,1-5H3,(H,18,19);1H. The van der Waals surface area contributed by atoms with E-state index in [0.29, 0.717) is 29.5 Å². The van der Waals surface area contributed by atoms with Crippen LogP contribution in [0.5, 0.6) is 11.5 Å². The zero-order valence-corrected chi connectivity index (χ0v) is 14.8. The highest BCUT2D eigenvalue weighted by Crippen LogP contribution is 2.27.